The van der Waals surface area contributed by atoms with Gasteiger partial charge in [0.1, 0.15) is 5.82 Å². The average Bonchev–Trinajstić information content (AvgIpc) is 2.67. The molecule has 0 spiro atoms. The molecule has 150 valence electrons. The van der Waals surface area contributed by atoms with Gasteiger partial charge in [-0.3, -0.25) is 15.6 Å². The van der Waals surface area contributed by atoms with Crippen molar-refractivity contribution in [2.45, 2.75) is 20.8 Å². The molecule has 0 aromatic heterocycles. The molecule has 1 amide bonds. The van der Waals surface area contributed by atoms with Crippen LogP contribution < -0.4 is 25.6 Å². The molecule has 2 rings (SSSR count). The van der Waals surface area contributed by atoms with Crippen LogP contribution in [0.15, 0.2) is 42.5 Å². The third-order valence-corrected chi connectivity index (χ3v) is 3.69. The summed E-state index contributed by atoms with van der Waals surface area (Å²) in [6, 6.07) is 11.0. The maximum atomic E-state index is 13.6. The maximum absolute atomic E-state index is 13.6. The lowest BCUT2D eigenvalue weighted by Gasteiger charge is -2.15. The first-order valence-corrected chi connectivity index (χ1v) is 9.33. The number of rotatable bonds is 7. The number of carbonyl (C=O) groups excluding carboxylic acids is 1. The van der Waals surface area contributed by atoms with E-state index >= 15 is 0 Å². The van der Waals surface area contributed by atoms with E-state index in [1.54, 1.807) is 30.3 Å². The van der Waals surface area contributed by atoms with E-state index in [1.165, 1.54) is 12.1 Å². The van der Waals surface area contributed by atoms with Gasteiger partial charge in [0, 0.05) is 5.56 Å². The van der Waals surface area contributed by atoms with Gasteiger partial charge < -0.3 is 14.8 Å². The van der Waals surface area contributed by atoms with Crippen LogP contribution in [0.4, 0.5) is 10.1 Å². The number of hydrogen-bond donors (Lipinski definition) is 3. The van der Waals surface area contributed by atoms with Crippen LogP contribution >= 0.6 is 12.2 Å². The van der Waals surface area contributed by atoms with Crippen molar-refractivity contribution in [2.75, 3.05) is 18.5 Å². The summed E-state index contributed by atoms with van der Waals surface area (Å²) >= 11 is 5.06. The molecule has 0 unspecified atom stereocenters. The van der Waals surface area contributed by atoms with Gasteiger partial charge in [-0.15, -0.1) is 0 Å². The van der Waals surface area contributed by atoms with Gasteiger partial charge >= 0.3 is 0 Å². The molecule has 0 saturated heterocycles. The topological polar surface area (TPSA) is 71.6 Å². The van der Waals surface area contributed by atoms with Crippen molar-refractivity contribution in [1.29, 1.82) is 0 Å². The SMILES string of the molecule is CCOc1cc(C(=O)NNC(=S)Nc2ccccc2F)ccc1OCC(C)C. The normalized spacial score (nSPS) is 10.3. The van der Waals surface area contributed by atoms with Gasteiger partial charge in [-0.2, -0.15) is 0 Å². The fraction of sp³-hybridized carbons (Fsp3) is 0.300. The first kappa shape index (κ1) is 21.4. The summed E-state index contributed by atoms with van der Waals surface area (Å²) in [7, 11) is 0. The van der Waals surface area contributed by atoms with Crippen LogP contribution in [0.5, 0.6) is 11.5 Å². The molecule has 28 heavy (non-hydrogen) atoms. The number of benzene rings is 2. The molecule has 2 aromatic rings. The zero-order valence-corrected chi connectivity index (χ0v) is 16.9. The number of thiocarbonyl (C=S) groups is 1. The number of halogens is 1. The number of nitrogens with one attached hydrogen (secondary N) is 3. The number of hydrazine groups is 1. The van der Waals surface area contributed by atoms with E-state index < -0.39 is 11.7 Å². The van der Waals surface area contributed by atoms with Gasteiger partial charge in [0.15, 0.2) is 16.6 Å². The Morgan fingerprint density at radius 2 is 1.86 bits per heavy atom. The molecule has 0 radical (unpaired) electrons. The van der Waals surface area contributed by atoms with Crippen LogP contribution in [0.25, 0.3) is 0 Å². The summed E-state index contributed by atoms with van der Waals surface area (Å²) in [5, 5.41) is 2.73. The van der Waals surface area contributed by atoms with E-state index in [0.29, 0.717) is 36.2 Å². The molecule has 0 aliphatic carbocycles. The predicted molar refractivity (Wildman–Crippen MR) is 111 cm³/mol. The number of hydrogen-bond acceptors (Lipinski definition) is 4. The van der Waals surface area contributed by atoms with Crippen LogP contribution in [0.1, 0.15) is 31.1 Å². The molecule has 3 N–H and O–H groups in total. The predicted octanol–water partition coefficient (Wildman–Crippen LogP) is 3.89. The van der Waals surface area contributed by atoms with Gasteiger partial charge in [-0.25, -0.2) is 4.39 Å². The van der Waals surface area contributed by atoms with Crippen molar-refractivity contribution in [1.82, 2.24) is 10.9 Å². The third-order valence-electron chi connectivity index (χ3n) is 3.49. The van der Waals surface area contributed by atoms with E-state index in [4.69, 9.17) is 21.7 Å². The second kappa shape index (κ2) is 10.5. The quantitative estimate of drug-likeness (QED) is 0.480. The zero-order chi connectivity index (χ0) is 20.5. The number of carbonyl (C=O) groups is 1. The summed E-state index contributed by atoms with van der Waals surface area (Å²) in [4.78, 5) is 12.4. The van der Waals surface area contributed by atoms with Gasteiger partial charge in [-0.1, -0.05) is 26.0 Å². The molecule has 2 aromatic carbocycles. The minimum Gasteiger partial charge on any atom is -0.490 e. The van der Waals surface area contributed by atoms with Crippen LogP contribution in [-0.4, -0.2) is 24.2 Å². The Labute approximate surface area is 169 Å². The van der Waals surface area contributed by atoms with Crippen molar-refractivity contribution in [3.8, 4) is 11.5 Å². The minimum absolute atomic E-state index is 0.0559. The molecule has 0 heterocycles. The molecule has 0 aliphatic heterocycles. The van der Waals surface area contributed by atoms with Gasteiger partial charge in [0.05, 0.1) is 18.9 Å². The standard InChI is InChI=1S/C20H24FN3O3S/c1-4-26-18-11-14(9-10-17(18)27-12-13(2)3)19(25)23-24-20(28)22-16-8-6-5-7-15(16)21/h5-11,13H,4,12H2,1-3H3,(H,23,25)(H2,22,24,28). The fourth-order valence-electron chi connectivity index (χ4n) is 2.20. The highest BCUT2D eigenvalue weighted by atomic mass is 32.1. The summed E-state index contributed by atoms with van der Waals surface area (Å²) in [5.41, 5.74) is 5.58. The van der Waals surface area contributed by atoms with Crippen LogP contribution in [0, 0.1) is 11.7 Å². The van der Waals surface area contributed by atoms with Crippen molar-refractivity contribution in [2.24, 2.45) is 5.92 Å². The van der Waals surface area contributed by atoms with Gasteiger partial charge in [0.25, 0.3) is 5.91 Å². The maximum Gasteiger partial charge on any atom is 0.269 e. The number of anilines is 1. The van der Waals surface area contributed by atoms with E-state index in [0.717, 1.165) is 0 Å². The second-order valence-corrected chi connectivity index (χ2v) is 6.72. The molecule has 0 aliphatic rings. The van der Waals surface area contributed by atoms with Crippen molar-refractivity contribution in [3.63, 3.8) is 0 Å². The van der Waals surface area contributed by atoms with Gasteiger partial charge in [0.2, 0.25) is 0 Å². The van der Waals surface area contributed by atoms with E-state index in [1.807, 2.05) is 20.8 Å². The molecule has 0 fully saturated rings. The largest absolute Gasteiger partial charge is 0.490 e. The Morgan fingerprint density at radius 3 is 2.54 bits per heavy atom. The Bertz CT molecular complexity index is 830. The molecule has 0 saturated carbocycles. The number of ether oxygens (including phenoxy) is 2. The highest BCUT2D eigenvalue weighted by molar-refractivity contribution is 7.80. The summed E-state index contributed by atoms with van der Waals surface area (Å²) < 4.78 is 24.9. The third kappa shape index (κ3) is 6.38. The molecular weight excluding hydrogens is 381 g/mol. The van der Waals surface area contributed by atoms with E-state index in [9.17, 15) is 9.18 Å². The lowest BCUT2D eigenvalue weighted by Crippen LogP contribution is -2.43. The van der Waals surface area contributed by atoms with Gasteiger partial charge in [-0.05, 0) is 55.4 Å². The van der Waals surface area contributed by atoms with E-state index in [-0.39, 0.29) is 10.8 Å². The highest BCUT2D eigenvalue weighted by Crippen LogP contribution is 2.29. The molecule has 8 heteroatoms. The number of amides is 1. The molecule has 0 atom stereocenters. The zero-order valence-electron chi connectivity index (χ0n) is 16.0. The smallest absolute Gasteiger partial charge is 0.269 e. The monoisotopic (exact) mass is 405 g/mol. The summed E-state index contributed by atoms with van der Waals surface area (Å²) in [5.74, 6) is 0.564. The minimum atomic E-state index is -0.448. The average molecular weight is 405 g/mol. The van der Waals surface area contributed by atoms with E-state index in [2.05, 4.69) is 16.2 Å². The lowest BCUT2D eigenvalue weighted by atomic mass is 10.2. The van der Waals surface area contributed by atoms with Crippen molar-refractivity contribution < 1.29 is 18.7 Å². The highest BCUT2D eigenvalue weighted by Gasteiger charge is 2.13. The Kier molecular flexibility index (Phi) is 8.01. The summed E-state index contributed by atoms with van der Waals surface area (Å²) in [6.45, 7) is 6.94. The van der Waals surface area contributed by atoms with Crippen LogP contribution in [0.2, 0.25) is 0 Å². The lowest BCUT2D eigenvalue weighted by molar-refractivity contribution is 0.0943. The molecule has 0 bridgehead atoms. The van der Waals surface area contributed by atoms with Crippen LogP contribution in [0.3, 0.4) is 0 Å². The summed E-state index contributed by atoms with van der Waals surface area (Å²) in [6.07, 6.45) is 0. The Hall–Kier alpha value is -2.87. The van der Waals surface area contributed by atoms with Crippen LogP contribution in [-0.2, 0) is 0 Å². The van der Waals surface area contributed by atoms with Crippen molar-refractivity contribution >= 4 is 28.9 Å². The Morgan fingerprint density at radius 1 is 1.11 bits per heavy atom. The molecular formula is C20H24FN3O3S. The molecule has 6 nitrogen and oxygen atoms in total. The fourth-order valence-corrected chi connectivity index (χ4v) is 2.36. The van der Waals surface area contributed by atoms with Crippen molar-refractivity contribution in [3.05, 3.63) is 53.8 Å². The first-order chi connectivity index (χ1) is 13.4. The Balaban J connectivity index is 1.98. The second-order valence-electron chi connectivity index (χ2n) is 6.31. The number of para-hydroxylation sites is 1. The first-order valence-electron chi connectivity index (χ1n) is 8.92.